The Hall–Kier alpha value is -0.870. The van der Waals surface area contributed by atoms with Crippen molar-refractivity contribution < 1.29 is 13.0 Å². The van der Waals surface area contributed by atoms with E-state index in [2.05, 4.69) is 20.8 Å². The molecular weight excluding hydrogens is 284 g/mol. The fraction of sp³-hybridized carbons (Fsp3) is 0.647. The van der Waals surface area contributed by atoms with E-state index in [0.29, 0.717) is 17.8 Å². The highest BCUT2D eigenvalue weighted by Gasteiger charge is 2.34. The van der Waals surface area contributed by atoms with E-state index in [1.165, 1.54) is 6.42 Å². The molecule has 118 valence electrons. The monoisotopic (exact) mass is 310 g/mol. The van der Waals surface area contributed by atoms with E-state index in [1.54, 1.807) is 12.1 Å². The average molecular weight is 310 g/mol. The summed E-state index contributed by atoms with van der Waals surface area (Å²) < 4.78 is 33.0. The second-order valence-corrected chi connectivity index (χ2v) is 8.34. The zero-order valence-electron chi connectivity index (χ0n) is 13.3. The van der Waals surface area contributed by atoms with Crippen LogP contribution in [0.1, 0.15) is 57.1 Å². The lowest BCUT2D eigenvalue weighted by Gasteiger charge is -2.38. The molecule has 3 nitrogen and oxygen atoms in total. The third-order valence-electron chi connectivity index (χ3n) is 4.86. The summed E-state index contributed by atoms with van der Waals surface area (Å²) in [6.07, 6.45) is 3.32. The van der Waals surface area contributed by atoms with Crippen LogP contribution >= 0.6 is 0 Å². The van der Waals surface area contributed by atoms with Crippen LogP contribution in [0.4, 0.5) is 0 Å². The largest absolute Gasteiger partial charge is 0.294 e. The predicted octanol–water partition coefficient (Wildman–Crippen LogP) is 4.42. The second kappa shape index (κ2) is 6.09. The van der Waals surface area contributed by atoms with Gasteiger partial charge in [0.15, 0.2) is 0 Å². The highest BCUT2D eigenvalue weighted by Crippen LogP contribution is 2.45. The van der Waals surface area contributed by atoms with E-state index >= 15 is 0 Å². The van der Waals surface area contributed by atoms with E-state index in [4.69, 9.17) is 0 Å². The van der Waals surface area contributed by atoms with Crippen LogP contribution in [0.3, 0.4) is 0 Å². The summed E-state index contributed by atoms with van der Waals surface area (Å²) in [6, 6.07) is 5.25. The van der Waals surface area contributed by atoms with Crippen LogP contribution in [0.2, 0.25) is 0 Å². The molecule has 0 radical (unpaired) electrons. The first-order chi connectivity index (χ1) is 9.70. The molecule has 0 amide bonds. The highest BCUT2D eigenvalue weighted by atomic mass is 32.2. The number of benzene rings is 1. The maximum atomic E-state index is 11.7. The lowest BCUT2D eigenvalue weighted by Crippen LogP contribution is -2.27. The summed E-state index contributed by atoms with van der Waals surface area (Å²) in [5, 5.41) is 0. The van der Waals surface area contributed by atoms with Gasteiger partial charge in [-0.1, -0.05) is 44.9 Å². The summed E-state index contributed by atoms with van der Waals surface area (Å²) in [6.45, 7) is 8.60. The average Bonchev–Trinajstić information content (AvgIpc) is 2.36. The predicted molar refractivity (Wildman–Crippen MR) is 85.1 cm³/mol. The van der Waals surface area contributed by atoms with E-state index in [9.17, 15) is 13.0 Å². The zero-order valence-corrected chi connectivity index (χ0v) is 14.2. The van der Waals surface area contributed by atoms with Crippen molar-refractivity contribution in [3.8, 4) is 0 Å². The Morgan fingerprint density at radius 2 is 1.90 bits per heavy atom. The lowest BCUT2D eigenvalue weighted by atomic mass is 9.67. The SMILES string of the molecule is Cc1ccc(S(=O)(=O)O)c(C2CC(C)CCC2C(C)C)c1. The topological polar surface area (TPSA) is 54.4 Å². The van der Waals surface area contributed by atoms with Crippen molar-refractivity contribution in [3.63, 3.8) is 0 Å². The van der Waals surface area contributed by atoms with Gasteiger partial charge in [0.25, 0.3) is 10.1 Å². The smallest absolute Gasteiger partial charge is 0.282 e. The summed E-state index contributed by atoms with van der Waals surface area (Å²) >= 11 is 0. The fourth-order valence-electron chi connectivity index (χ4n) is 3.75. The highest BCUT2D eigenvalue weighted by molar-refractivity contribution is 7.85. The molecule has 0 heterocycles. The molecule has 0 aromatic heterocycles. The van der Waals surface area contributed by atoms with Gasteiger partial charge in [0.1, 0.15) is 0 Å². The van der Waals surface area contributed by atoms with Crippen molar-refractivity contribution in [1.29, 1.82) is 0 Å². The number of aryl methyl sites for hydroxylation is 1. The quantitative estimate of drug-likeness (QED) is 0.841. The Balaban J connectivity index is 2.54. The Morgan fingerprint density at radius 3 is 2.48 bits per heavy atom. The van der Waals surface area contributed by atoms with Crippen molar-refractivity contribution in [2.45, 2.75) is 57.8 Å². The minimum absolute atomic E-state index is 0.0952. The summed E-state index contributed by atoms with van der Waals surface area (Å²) in [5.41, 5.74) is 1.85. The minimum Gasteiger partial charge on any atom is -0.282 e. The standard InChI is InChI=1S/C17H26O3S/c1-11(2)14-7-5-12(3)9-15(14)16-10-13(4)6-8-17(16)21(18,19)20/h6,8,10-12,14-15H,5,7,9H2,1-4H3,(H,18,19,20). The number of hydrogen-bond acceptors (Lipinski definition) is 2. The van der Waals surface area contributed by atoms with Gasteiger partial charge in [-0.25, -0.2) is 0 Å². The van der Waals surface area contributed by atoms with E-state index < -0.39 is 10.1 Å². The molecule has 2 rings (SSSR count). The van der Waals surface area contributed by atoms with Crippen molar-refractivity contribution in [3.05, 3.63) is 29.3 Å². The summed E-state index contributed by atoms with van der Waals surface area (Å²) in [7, 11) is -4.17. The van der Waals surface area contributed by atoms with Gasteiger partial charge in [0.05, 0.1) is 4.90 Å². The maximum absolute atomic E-state index is 11.7. The van der Waals surface area contributed by atoms with E-state index in [-0.39, 0.29) is 10.8 Å². The third kappa shape index (κ3) is 3.67. The van der Waals surface area contributed by atoms with Crippen molar-refractivity contribution in [1.82, 2.24) is 0 Å². The van der Waals surface area contributed by atoms with Gasteiger partial charge in [-0.05, 0) is 55.1 Å². The molecule has 3 unspecified atom stereocenters. The molecule has 1 aromatic carbocycles. The van der Waals surface area contributed by atoms with Gasteiger partial charge >= 0.3 is 0 Å². The summed E-state index contributed by atoms with van der Waals surface area (Å²) in [5.74, 6) is 1.80. The van der Waals surface area contributed by atoms with Crippen molar-refractivity contribution in [2.75, 3.05) is 0 Å². The fourth-order valence-corrected chi connectivity index (χ4v) is 4.50. The third-order valence-corrected chi connectivity index (χ3v) is 5.79. The summed E-state index contributed by atoms with van der Waals surface area (Å²) in [4.78, 5) is 0.0952. The molecule has 1 fully saturated rings. The molecule has 0 aliphatic heterocycles. The van der Waals surface area contributed by atoms with Crippen molar-refractivity contribution in [2.24, 2.45) is 17.8 Å². The molecule has 21 heavy (non-hydrogen) atoms. The van der Waals surface area contributed by atoms with E-state index in [1.807, 2.05) is 13.0 Å². The molecule has 1 N–H and O–H groups in total. The first-order valence-corrected chi connectivity index (χ1v) is 9.22. The molecule has 0 spiro atoms. The van der Waals surface area contributed by atoms with Crippen LogP contribution < -0.4 is 0 Å². The van der Waals surface area contributed by atoms with Crippen LogP contribution in [0.25, 0.3) is 0 Å². The normalized spacial score (nSPS) is 27.0. The number of rotatable bonds is 3. The van der Waals surface area contributed by atoms with Gasteiger partial charge in [-0.15, -0.1) is 0 Å². The van der Waals surface area contributed by atoms with Crippen LogP contribution in [0.15, 0.2) is 23.1 Å². The molecule has 0 bridgehead atoms. The number of hydrogen-bond donors (Lipinski definition) is 1. The Labute approximate surface area is 128 Å². The van der Waals surface area contributed by atoms with Crippen LogP contribution in [-0.2, 0) is 10.1 Å². The molecule has 0 saturated heterocycles. The molecule has 1 saturated carbocycles. The first-order valence-electron chi connectivity index (χ1n) is 7.78. The first kappa shape index (κ1) is 16.5. The van der Waals surface area contributed by atoms with Gasteiger partial charge in [0, 0.05) is 0 Å². The minimum atomic E-state index is -4.17. The maximum Gasteiger partial charge on any atom is 0.294 e. The van der Waals surface area contributed by atoms with Gasteiger partial charge < -0.3 is 0 Å². The molecule has 3 atom stereocenters. The molecule has 1 aliphatic rings. The molecular formula is C17H26O3S. The van der Waals surface area contributed by atoms with Gasteiger partial charge in [0.2, 0.25) is 0 Å². The Bertz CT molecular complexity index is 604. The second-order valence-electron chi connectivity index (χ2n) is 6.95. The Kier molecular flexibility index (Phi) is 4.79. The molecule has 1 aromatic rings. The molecule has 4 heteroatoms. The van der Waals surface area contributed by atoms with Crippen molar-refractivity contribution >= 4 is 10.1 Å². The zero-order chi connectivity index (χ0) is 15.8. The lowest BCUT2D eigenvalue weighted by molar-refractivity contribution is 0.195. The Morgan fingerprint density at radius 1 is 1.24 bits per heavy atom. The van der Waals surface area contributed by atoms with Gasteiger partial charge in [-0.3, -0.25) is 4.55 Å². The van der Waals surface area contributed by atoms with Crippen LogP contribution in [-0.4, -0.2) is 13.0 Å². The van der Waals surface area contributed by atoms with Crippen LogP contribution in [0, 0.1) is 24.7 Å². The van der Waals surface area contributed by atoms with Gasteiger partial charge in [-0.2, -0.15) is 8.42 Å². The van der Waals surface area contributed by atoms with Crippen LogP contribution in [0.5, 0.6) is 0 Å². The molecule has 1 aliphatic carbocycles. The van der Waals surface area contributed by atoms with E-state index in [0.717, 1.165) is 24.0 Å².